The molecule has 2 atom stereocenters. The third kappa shape index (κ3) is 5.51. The molecule has 0 amide bonds. The molecule has 0 radical (unpaired) electrons. The first-order valence-corrected chi connectivity index (χ1v) is 7.42. The second-order valence-corrected chi connectivity index (χ2v) is 5.70. The number of methoxy groups -OCH3 is 1. The highest BCUT2D eigenvalue weighted by molar-refractivity contribution is 9.10. The van der Waals surface area contributed by atoms with Crippen LogP contribution in [-0.4, -0.2) is 26.3 Å². The lowest BCUT2D eigenvalue weighted by molar-refractivity contribution is 0.149. The standard InChI is InChI=1S/C15H24BrNO/c1-4-17-14(9-12(2)11-18-3)10-13-7-5-6-8-15(13)16/h5-8,12,14,17H,4,9-11H2,1-3H3. The smallest absolute Gasteiger partial charge is 0.0488 e. The Kier molecular flexibility index (Phi) is 7.56. The van der Waals surface area contributed by atoms with Gasteiger partial charge in [0, 0.05) is 24.2 Å². The summed E-state index contributed by atoms with van der Waals surface area (Å²) in [4.78, 5) is 0. The Morgan fingerprint density at radius 1 is 1.33 bits per heavy atom. The molecule has 2 unspecified atom stereocenters. The molecule has 0 aliphatic heterocycles. The van der Waals surface area contributed by atoms with E-state index in [4.69, 9.17) is 4.74 Å². The Bertz CT molecular complexity index is 343. The zero-order chi connectivity index (χ0) is 13.4. The first-order valence-electron chi connectivity index (χ1n) is 6.63. The lowest BCUT2D eigenvalue weighted by Gasteiger charge is -2.22. The molecule has 0 aliphatic rings. The maximum absolute atomic E-state index is 5.22. The number of rotatable bonds is 8. The quantitative estimate of drug-likeness (QED) is 0.791. The summed E-state index contributed by atoms with van der Waals surface area (Å²) in [6, 6.07) is 8.97. The molecule has 0 spiro atoms. The average molecular weight is 314 g/mol. The molecular formula is C15H24BrNO. The number of ether oxygens (including phenoxy) is 1. The van der Waals surface area contributed by atoms with E-state index < -0.39 is 0 Å². The van der Waals surface area contributed by atoms with Gasteiger partial charge in [-0.05, 0) is 36.9 Å². The van der Waals surface area contributed by atoms with Crippen LogP contribution in [-0.2, 0) is 11.2 Å². The van der Waals surface area contributed by atoms with Gasteiger partial charge in [0.05, 0.1) is 0 Å². The minimum atomic E-state index is 0.513. The van der Waals surface area contributed by atoms with Crippen LogP contribution in [0.15, 0.2) is 28.7 Å². The highest BCUT2D eigenvalue weighted by Gasteiger charge is 2.14. The fraction of sp³-hybridized carbons (Fsp3) is 0.600. The summed E-state index contributed by atoms with van der Waals surface area (Å²) in [5.41, 5.74) is 1.37. The molecule has 0 aromatic heterocycles. The maximum atomic E-state index is 5.22. The van der Waals surface area contributed by atoms with Gasteiger partial charge < -0.3 is 10.1 Å². The Morgan fingerprint density at radius 3 is 2.67 bits per heavy atom. The van der Waals surface area contributed by atoms with Crippen molar-refractivity contribution >= 4 is 15.9 Å². The van der Waals surface area contributed by atoms with Crippen molar-refractivity contribution < 1.29 is 4.74 Å². The van der Waals surface area contributed by atoms with Crippen molar-refractivity contribution in [3.8, 4) is 0 Å². The zero-order valence-electron chi connectivity index (χ0n) is 11.6. The predicted octanol–water partition coefficient (Wildman–Crippen LogP) is 3.64. The van der Waals surface area contributed by atoms with Crippen molar-refractivity contribution in [2.24, 2.45) is 5.92 Å². The monoisotopic (exact) mass is 313 g/mol. The van der Waals surface area contributed by atoms with Crippen LogP contribution in [0, 0.1) is 5.92 Å². The minimum Gasteiger partial charge on any atom is -0.384 e. The number of halogens is 1. The molecule has 3 heteroatoms. The second kappa shape index (κ2) is 8.68. The van der Waals surface area contributed by atoms with Crippen molar-refractivity contribution in [2.75, 3.05) is 20.3 Å². The van der Waals surface area contributed by atoms with E-state index in [2.05, 4.69) is 59.4 Å². The molecule has 0 fully saturated rings. The summed E-state index contributed by atoms with van der Waals surface area (Å²) in [6.07, 6.45) is 2.20. The van der Waals surface area contributed by atoms with Gasteiger partial charge in [0.1, 0.15) is 0 Å². The second-order valence-electron chi connectivity index (χ2n) is 4.85. The van der Waals surface area contributed by atoms with E-state index in [-0.39, 0.29) is 0 Å². The van der Waals surface area contributed by atoms with Crippen LogP contribution >= 0.6 is 15.9 Å². The van der Waals surface area contributed by atoms with Crippen molar-refractivity contribution in [3.63, 3.8) is 0 Å². The van der Waals surface area contributed by atoms with Crippen LogP contribution in [0.5, 0.6) is 0 Å². The van der Waals surface area contributed by atoms with Crippen LogP contribution in [0.3, 0.4) is 0 Å². The Balaban J connectivity index is 2.59. The predicted molar refractivity (Wildman–Crippen MR) is 81.0 cm³/mol. The summed E-state index contributed by atoms with van der Waals surface area (Å²) in [5.74, 6) is 0.585. The zero-order valence-corrected chi connectivity index (χ0v) is 13.2. The molecule has 0 bridgehead atoms. The average Bonchev–Trinajstić information content (AvgIpc) is 2.32. The third-order valence-electron chi connectivity index (χ3n) is 3.06. The van der Waals surface area contributed by atoms with Gasteiger partial charge >= 0.3 is 0 Å². The number of hydrogen-bond acceptors (Lipinski definition) is 2. The molecule has 1 rings (SSSR count). The summed E-state index contributed by atoms with van der Waals surface area (Å²) in [6.45, 7) is 6.24. The maximum Gasteiger partial charge on any atom is 0.0488 e. The van der Waals surface area contributed by atoms with Gasteiger partial charge in [0.15, 0.2) is 0 Å². The van der Waals surface area contributed by atoms with Gasteiger partial charge in [-0.2, -0.15) is 0 Å². The van der Waals surface area contributed by atoms with Gasteiger partial charge in [0.25, 0.3) is 0 Å². The van der Waals surface area contributed by atoms with Crippen LogP contribution < -0.4 is 5.32 Å². The number of hydrogen-bond donors (Lipinski definition) is 1. The van der Waals surface area contributed by atoms with Crippen molar-refractivity contribution in [1.82, 2.24) is 5.32 Å². The molecule has 2 nitrogen and oxygen atoms in total. The highest BCUT2D eigenvalue weighted by Crippen LogP contribution is 2.19. The fourth-order valence-electron chi connectivity index (χ4n) is 2.30. The lowest BCUT2D eigenvalue weighted by Crippen LogP contribution is -2.33. The van der Waals surface area contributed by atoms with Crippen molar-refractivity contribution in [1.29, 1.82) is 0 Å². The van der Waals surface area contributed by atoms with E-state index in [0.29, 0.717) is 12.0 Å². The van der Waals surface area contributed by atoms with Gasteiger partial charge in [-0.25, -0.2) is 0 Å². The molecule has 1 aromatic carbocycles. The first-order chi connectivity index (χ1) is 8.67. The van der Waals surface area contributed by atoms with E-state index >= 15 is 0 Å². The molecular weight excluding hydrogens is 290 g/mol. The molecule has 0 saturated carbocycles. The van der Waals surface area contributed by atoms with Crippen LogP contribution in [0.25, 0.3) is 0 Å². The Labute approximate surface area is 119 Å². The van der Waals surface area contributed by atoms with E-state index in [1.165, 1.54) is 10.0 Å². The molecule has 102 valence electrons. The molecule has 18 heavy (non-hydrogen) atoms. The van der Waals surface area contributed by atoms with E-state index in [9.17, 15) is 0 Å². The normalized spacial score (nSPS) is 14.4. The number of benzene rings is 1. The van der Waals surface area contributed by atoms with Crippen LogP contribution in [0.2, 0.25) is 0 Å². The summed E-state index contributed by atoms with van der Waals surface area (Å²) < 4.78 is 6.42. The molecule has 1 N–H and O–H groups in total. The Hall–Kier alpha value is -0.380. The molecule has 1 aromatic rings. The number of nitrogens with one attached hydrogen (secondary N) is 1. The van der Waals surface area contributed by atoms with E-state index in [1.54, 1.807) is 7.11 Å². The van der Waals surface area contributed by atoms with E-state index in [1.807, 2.05) is 0 Å². The lowest BCUT2D eigenvalue weighted by atomic mass is 9.96. The number of likely N-dealkylation sites (N-methyl/N-ethyl adjacent to an activating group) is 1. The summed E-state index contributed by atoms with van der Waals surface area (Å²) in [7, 11) is 1.77. The third-order valence-corrected chi connectivity index (χ3v) is 3.83. The van der Waals surface area contributed by atoms with Gasteiger partial charge in [0.2, 0.25) is 0 Å². The minimum absolute atomic E-state index is 0.513. The van der Waals surface area contributed by atoms with E-state index in [0.717, 1.165) is 26.0 Å². The largest absolute Gasteiger partial charge is 0.384 e. The van der Waals surface area contributed by atoms with Crippen molar-refractivity contribution in [2.45, 2.75) is 32.7 Å². The fourth-order valence-corrected chi connectivity index (χ4v) is 2.74. The first kappa shape index (κ1) is 15.7. The highest BCUT2D eigenvalue weighted by atomic mass is 79.9. The molecule has 0 aliphatic carbocycles. The summed E-state index contributed by atoms with van der Waals surface area (Å²) in [5, 5.41) is 3.57. The molecule has 0 saturated heterocycles. The van der Waals surface area contributed by atoms with Crippen LogP contribution in [0.1, 0.15) is 25.8 Å². The SMILES string of the molecule is CCNC(Cc1ccccc1Br)CC(C)COC. The summed E-state index contributed by atoms with van der Waals surface area (Å²) >= 11 is 3.62. The molecule has 0 heterocycles. The van der Waals surface area contributed by atoms with Crippen LogP contribution in [0.4, 0.5) is 0 Å². The van der Waals surface area contributed by atoms with Gasteiger partial charge in [-0.1, -0.05) is 48.0 Å². The Morgan fingerprint density at radius 2 is 2.06 bits per heavy atom. The topological polar surface area (TPSA) is 21.3 Å². The van der Waals surface area contributed by atoms with Crippen molar-refractivity contribution in [3.05, 3.63) is 34.3 Å². The van der Waals surface area contributed by atoms with Gasteiger partial charge in [-0.3, -0.25) is 0 Å². The van der Waals surface area contributed by atoms with Gasteiger partial charge in [-0.15, -0.1) is 0 Å².